The van der Waals surface area contributed by atoms with E-state index in [4.69, 9.17) is 4.74 Å². The van der Waals surface area contributed by atoms with Gasteiger partial charge in [0.25, 0.3) is 5.91 Å². The van der Waals surface area contributed by atoms with Crippen LogP contribution in [0.2, 0.25) is 0 Å². The number of methoxy groups -OCH3 is 1. The summed E-state index contributed by atoms with van der Waals surface area (Å²) in [4.78, 5) is 38.3. The van der Waals surface area contributed by atoms with Crippen molar-refractivity contribution in [3.63, 3.8) is 0 Å². The summed E-state index contributed by atoms with van der Waals surface area (Å²) in [5.41, 5.74) is 6.11. The highest BCUT2D eigenvalue weighted by atomic mass is 19.1. The number of para-hydroxylation sites is 1. The van der Waals surface area contributed by atoms with Crippen LogP contribution in [0.15, 0.2) is 77.9 Å². The van der Waals surface area contributed by atoms with Crippen molar-refractivity contribution in [2.45, 2.75) is 13.8 Å². The molecule has 0 saturated carbocycles. The minimum absolute atomic E-state index is 0.0218. The molecule has 1 aliphatic rings. The summed E-state index contributed by atoms with van der Waals surface area (Å²) in [6.07, 6.45) is -0.917. The van der Waals surface area contributed by atoms with Gasteiger partial charge in [-0.05, 0) is 73.0 Å². The number of fused-ring (bicyclic) bond motifs is 1. The van der Waals surface area contributed by atoms with Crippen LogP contribution in [0.5, 0.6) is 11.5 Å². The third-order valence-corrected chi connectivity index (χ3v) is 6.54. The summed E-state index contributed by atoms with van der Waals surface area (Å²) in [5, 5.41) is 24.6. The fourth-order valence-electron chi connectivity index (χ4n) is 4.71. The van der Waals surface area contributed by atoms with Gasteiger partial charge in [-0.25, -0.2) is 14.0 Å². The lowest BCUT2D eigenvalue weighted by molar-refractivity contribution is -0.111. The van der Waals surface area contributed by atoms with Crippen molar-refractivity contribution in [1.82, 2.24) is 0 Å². The zero-order valence-electron chi connectivity index (χ0n) is 22.6. The number of hydrazone groups is 1. The molecule has 0 aliphatic carbocycles. The van der Waals surface area contributed by atoms with Crippen molar-refractivity contribution >= 4 is 40.8 Å². The van der Waals surface area contributed by atoms with Gasteiger partial charge in [-0.1, -0.05) is 24.3 Å². The Morgan fingerprint density at radius 1 is 0.952 bits per heavy atom. The molecule has 0 saturated heterocycles. The number of ether oxygens (including phenoxy) is 2. The predicted octanol–water partition coefficient (Wildman–Crippen LogP) is 6.15. The second-order valence-corrected chi connectivity index (χ2v) is 9.50. The van der Waals surface area contributed by atoms with E-state index in [1.54, 1.807) is 12.1 Å². The van der Waals surface area contributed by atoms with Crippen LogP contribution >= 0.6 is 0 Å². The molecular formula is C31H24FN3O7. The topological polar surface area (TPSA) is 138 Å². The molecule has 10 nitrogen and oxygen atoms in total. The van der Waals surface area contributed by atoms with Crippen LogP contribution in [-0.2, 0) is 9.53 Å². The van der Waals surface area contributed by atoms with Crippen LogP contribution in [0, 0.1) is 19.7 Å². The molecule has 0 fully saturated rings. The van der Waals surface area contributed by atoms with E-state index in [0.29, 0.717) is 16.9 Å². The van der Waals surface area contributed by atoms with E-state index in [1.165, 1.54) is 42.3 Å². The van der Waals surface area contributed by atoms with E-state index in [9.17, 15) is 29.0 Å². The number of aryl methyl sites for hydroxylation is 2. The van der Waals surface area contributed by atoms with Gasteiger partial charge in [0.1, 0.15) is 17.3 Å². The third-order valence-electron chi connectivity index (χ3n) is 6.54. The number of anilines is 3. The number of nitrogens with one attached hydrogen (secondary N) is 1. The molecule has 1 aliphatic heterocycles. The first-order chi connectivity index (χ1) is 20.1. The van der Waals surface area contributed by atoms with Crippen LogP contribution in [-0.4, -0.2) is 41.1 Å². The number of carbonyl (C=O) groups excluding carboxylic acids is 2. The van der Waals surface area contributed by atoms with E-state index in [0.717, 1.165) is 23.3 Å². The highest BCUT2D eigenvalue weighted by Crippen LogP contribution is 2.40. The summed E-state index contributed by atoms with van der Waals surface area (Å²) < 4.78 is 23.7. The van der Waals surface area contributed by atoms with Crippen molar-refractivity contribution in [2.75, 3.05) is 17.4 Å². The van der Waals surface area contributed by atoms with Gasteiger partial charge >= 0.3 is 12.1 Å². The Kier molecular flexibility index (Phi) is 7.32. The molecule has 0 radical (unpaired) electrons. The molecule has 11 heteroatoms. The maximum Gasteiger partial charge on any atom is 0.513 e. The van der Waals surface area contributed by atoms with Crippen LogP contribution < -0.4 is 15.1 Å². The van der Waals surface area contributed by atoms with Crippen LogP contribution in [0.4, 0.5) is 26.2 Å². The SMILES string of the molecule is COC(=O)Oc1ccc2c(c1)N(c1cc(C)cc(C)c1)C(=O)C2=NNc1cccc(-c2ccc(F)c(C(=O)O)c2)c1O. The van der Waals surface area contributed by atoms with Crippen molar-refractivity contribution in [2.24, 2.45) is 5.10 Å². The van der Waals surface area contributed by atoms with E-state index < -0.39 is 29.4 Å². The van der Waals surface area contributed by atoms with Crippen molar-refractivity contribution < 1.29 is 38.5 Å². The fourth-order valence-corrected chi connectivity index (χ4v) is 4.71. The Bertz CT molecular complexity index is 1780. The maximum absolute atomic E-state index is 13.9. The average Bonchev–Trinajstić information content (AvgIpc) is 3.22. The molecule has 3 N–H and O–H groups in total. The second kappa shape index (κ2) is 11.0. The number of carboxylic acids is 1. The van der Waals surface area contributed by atoms with E-state index in [1.807, 2.05) is 32.0 Å². The number of phenolic OH excluding ortho intramolecular Hbond substituents is 1. The summed E-state index contributed by atoms with van der Waals surface area (Å²) in [6, 6.07) is 18.3. The number of amides is 1. The van der Waals surface area contributed by atoms with Crippen LogP contribution in [0.25, 0.3) is 11.1 Å². The molecule has 1 heterocycles. The average molecular weight is 570 g/mol. The smallest absolute Gasteiger partial charge is 0.505 e. The minimum Gasteiger partial charge on any atom is -0.505 e. The molecule has 5 rings (SSSR count). The van der Waals surface area contributed by atoms with E-state index in [-0.39, 0.29) is 34.0 Å². The predicted molar refractivity (Wildman–Crippen MR) is 153 cm³/mol. The Labute approximate surface area is 239 Å². The van der Waals surface area contributed by atoms with Gasteiger partial charge in [-0.2, -0.15) is 5.10 Å². The first kappa shape index (κ1) is 27.8. The zero-order valence-corrected chi connectivity index (χ0v) is 22.6. The number of halogens is 1. The number of benzene rings is 4. The van der Waals surface area contributed by atoms with Gasteiger partial charge in [0, 0.05) is 22.9 Å². The van der Waals surface area contributed by atoms with Gasteiger partial charge in [-0.15, -0.1) is 0 Å². The number of nitrogens with zero attached hydrogens (tertiary/aromatic N) is 2. The second-order valence-electron chi connectivity index (χ2n) is 9.50. The quantitative estimate of drug-likeness (QED) is 0.109. The lowest BCUT2D eigenvalue weighted by atomic mass is 10.0. The van der Waals surface area contributed by atoms with Crippen molar-refractivity contribution in [1.29, 1.82) is 0 Å². The van der Waals surface area contributed by atoms with Gasteiger partial charge in [0.15, 0.2) is 5.71 Å². The Balaban J connectivity index is 1.55. The van der Waals surface area contributed by atoms with Gasteiger partial charge < -0.3 is 19.7 Å². The monoisotopic (exact) mass is 569 g/mol. The maximum atomic E-state index is 13.9. The van der Waals surface area contributed by atoms with Crippen molar-refractivity contribution in [3.05, 3.63) is 101 Å². The van der Waals surface area contributed by atoms with Gasteiger partial charge in [0.05, 0.1) is 24.0 Å². The number of hydrogen-bond donors (Lipinski definition) is 3. The normalized spacial score (nSPS) is 13.2. The molecule has 0 aromatic heterocycles. The molecule has 0 spiro atoms. The number of carboxylic acid groups (broad SMARTS) is 1. The summed E-state index contributed by atoms with van der Waals surface area (Å²) in [5.74, 6) is -2.96. The molecule has 0 bridgehead atoms. The Morgan fingerprint density at radius 2 is 1.69 bits per heavy atom. The third kappa shape index (κ3) is 5.22. The lowest BCUT2D eigenvalue weighted by Crippen LogP contribution is -2.26. The highest BCUT2D eigenvalue weighted by Gasteiger charge is 2.36. The van der Waals surface area contributed by atoms with Crippen molar-refractivity contribution in [3.8, 4) is 22.6 Å². The number of carbonyl (C=O) groups is 3. The summed E-state index contributed by atoms with van der Waals surface area (Å²) in [6.45, 7) is 3.81. The summed E-state index contributed by atoms with van der Waals surface area (Å²) >= 11 is 0. The molecule has 1 amide bonds. The lowest BCUT2D eigenvalue weighted by Gasteiger charge is -2.19. The first-order valence-corrected chi connectivity index (χ1v) is 12.6. The highest BCUT2D eigenvalue weighted by molar-refractivity contribution is 6.55. The van der Waals surface area contributed by atoms with Gasteiger partial charge in [-0.3, -0.25) is 15.1 Å². The number of hydrogen-bond acceptors (Lipinski definition) is 8. The molecule has 4 aromatic rings. The number of aromatic hydroxyl groups is 1. The van der Waals surface area contributed by atoms with Gasteiger partial charge in [0.2, 0.25) is 0 Å². The molecule has 42 heavy (non-hydrogen) atoms. The molecule has 4 aromatic carbocycles. The number of aromatic carboxylic acids is 1. The zero-order chi connectivity index (χ0) is 30.1. The largest absolute Gasteiger partial charge is 0.513 e. The molecular weight excluding hydrogens is 545 g/mol. The summed E-state index contributed by atoms with van der Waals surface area (Å²) in [7, 11) is 1.18. The fraction of sp³-hybridized carbons (Fsp3) is 0.0968. The molecule has 0 atom stereocenters. The number of phenols is 1. The van der Waals surface area contributed by atoms with Crippen LogP contribution in [0.1, 0.15) is 27.0 Å². The molecule has 0 unspecified atom stereocenters. The Hall–Kier alpha value is -5.71. The Morgan fingerprint density at radius 3 is 2.38 bits per heavy atom. The first-order valence-electron chi connectivity index (χ1n) is 12.6. The van der Waals surface area contributed by atoms with E-state index >= 15 is 0 Å². The standard InChI is InChI=1S/C31H24FN3O7/c1-16-11-17(2)13-19(12-16)35-26-15-20(42-31(40)41-3)8-9-22(26)27(29(35)37)34-33-25-6-4-5-21(28(25)36)18-7-10-24(32)23(14-18)30(38)39/h4-15,33,36H,1-3H3,(H,38,39). The molecule has 212 valence electrons. The number of rotatable bonds is 6. The van der Waals surface area contributed by atoms with Crippen LogP contribution in [0.3, 0.4) is 0 Å². The minimum atomic E-state index is -1.44. The van der Waals surface area contributed by atoms with E-state index in [2.05, 4.69) is 15.3 Å².